The summed E-state index contributed by atoms with van der Waals surface area (Å²) in [5.74, 6) is 0.548. The van der Waals surface area contributed by atoms with Crippen LogP contribution < -0.4 is 0 Å². The summed E-state index contributed by atoms with van der Waals surface area (Å²) in [4.78, 5) is 0.939. The number of thiol groups is 1. The molecule has 0 heterocycles. The van der Waals surface area contributed by atoms with Gasteiger partial charge in [0.1, 0.15) is 0 Å². The maximum Gasteiger partial charge on any atom is 0.0474 e. The average molecular weight is 238 g/mol. The molecule has 3 heteroatoms. The van der Waals surface area contributed by atoms with Crippen molar-refractivity contribution in [3.8, 4) is 0 Å². The second kappa shape index (κ2) is 3.65. The van der Waals surface area contributed by atoms with E-state index in [2.05, 4.69) is 28.6 Å². The van der Waals surface area contributed by atoms with E-state index in [1.807, 2.05) is 18.2 Å². The quantitative estimate of drug-likeness (QED) is 0.561. The van der Waals surface area contributed by atoms with Gasteiger partial charge in [-0.15, -0.1) is 24.2 Å². The van der Waals surface area contributed by atoms with Gasteiger partial charge in [-0.1, -0.05) is 6.07 Å². The Hall–Kier alpha value is 0.340. The minimum absolute atomic E-state index is 0.548. The molecule has 0 aliphatic rings. The first-order chi connectivity index (χ1) is 4.74. The Morgan fingerprint density at radius 2 is 2.20 bits per heavy atom. The van der Waals surface area contributed by atoms with E-state index in [4.69, 9.17) is 11.6 Å². The summed E-state index contributed by atoms with van der Waals surface area (Å²) in [5.41, 5.74) is 1.10. The van der Waals surface area contributed by atoms with Crippen LogP contribution in [0.4, 0.5) is 0 Å². The number of halogens is 2. The van der Waals surface area contributed by atoms with Crippen molar-refractivity contribution >= 4 is 40.2 Å². The van der Waals surface area contributed by atoms with E-state index in [9.17, 15) is 0 Å². The molecule has 10 heavy (non-hydrogen) atoms. The fourth-order valence-electron chi connectivity index (χ4n) is 0.634. The fraction of sp³-hybridized carbons (Fsp3) is 0.143. The molecule has 0 saturated heterocycles. The van der Waals surface area contributed by atoms with E-state index in [-0.39, 0.29) is 0 Å². The monoisotopic (exact) mass is 236 g/mol. The van der Waals surface area contributed by atoms with E-state index in [1.165, 1.54) is 0 Å². The second-order valence-electron chi connectivity index (χ2n) is 1.92. The lowest BCUT2D eigenvalue weighted by molar-refractivity contribution is 1.31. The molecule has 0 aliphatic carbocycles. The van der Waals surface area contributed by atoms with Crippen LogP contribution in [0.5, 0.6) is 0 Å². The van der Waals surface area contributed by atoms with E-state index in [0.717, 1.165) is 14.9 Å². The second-order valence-corrected chi connectivity index (χ2v) is 3.52. The first-order valence-electron chi connectivity index (χ1n) is 2.77. The summed E-state index contributed by atoms with van der Waals surface area (Å²) in [6.07, 6.45) is 0. The lowest BCUT2D eigenvalue weighted by atomic mass is 10.2. The highest BCUT2D eigenvalue weighted by Gasteiger charge is 1.95. The van der Waals surface area contributed by atoms with Gasteiger partial charge in [0.05, 0.1) is 0 Å². The van der Waals surface area contributed by atoms with Crippen LogP contribution in [0.3, 0.4) is 0 Å². The summed E-state index contributed by atoms with van der Waals surface area (Å²) in [5, 5.41) is 0. The Labute approximate surface area is 79.1 Å². The molecule has 1 aromatic rings. The summed E-state index contributed by atoms with van der Waals surface area (Å²) >= 11 is 13.2. The van der Waals surface area contributed by atoms with Crippen LogP contribution in [-0.4, -0.2) is 0 Å². The predicted molar refractivity (Wildman–Crippen MR) is 51.0 cm³/mol. The zero-order chi connectivity index (χ0) is 7.56. The van der Waals surface area contributed by atoms with Gasteiger partial charge < -0.3 is 0 Å². The molecular formula is C7H6BrClS. The molecule has 0 bridgehead atoms. The van der Waals surface area contributed by atoms with E-state index in [1.54, 1.807) is 0 Å². The van der Waals surface area contributed by atoms with Crippen LogP contribution in [0, 0.1) is 0 Å². The Morgan fingerprint density at radius 1 is 1.50 bits per heavy atom. The maximum absolute atomic E-state index is 5.61. The van der Waals surface area contributed by atoms with Gasteiger partial charge in [-0.3, -0.25) is 0 Å². The van der Waals surface area contributed by atoms with Gasteiger partial charge in [0.2, 0.25) is 0 Å². The van der Waals surface area contributed by atoms with Crippen LogP contribution >= 0.6 is 40.2 Å². The standard InChI is InChI=1S/C7H6BrClS/c8-6-3-5(4-9)1-2-7(6)10/h1-3,10H,4H2. The van der Waals surface area contributed by atoms with Crippen LogP contribution in [0.15, 0.2) is 27.6 Å². The molecule has 0 aliphatic heterocycles. The number of hydrogen-bond acceptors (Lipinski definition) is 1. The van der Waals surface area contributed by atoms with Gasteiger partial charge in [-0.25, -0.2) is 0 Å². The van der Waals surface area contributed by atoms with Crippen molar-refractivity contribution in [2.75, 3.05) is 0 Å². The van der Waals surface area contributed by atoms with Crippen molar-refractivity contribution in [3.63, 3.8) is 0 Å². The molecule has 0 aromatic heterocycles. The van der Waals surface area contributed by atoms with Gasteiger partial charge in [0, 0.05) is 15.2 Å². The third-order valence-electron chi connectivity index (χ3n) is 1.17. The van der Waals surface area contributed by atoms with Gasteiger partial charge in [-0.05, 0) is 33.6 Å². The molecule has 54 valence electrons. The number of hydrogen-bond donors (Lipinski definition) is 1. The molecule has 0 N–H and O–H groups in total. The Morgan fingerprint density at radius 3 is 2.70 bits per heavy atom. The van der Waals surface area contributed by atoms with Crippen molar-refractivity contribution in [1.82, 2.24) is 0 Å². The lowest BCUT2D eigenvalue weighted by Crippen LogP contribution is -1.77. The van der Waals surface area contributed by atoms with Crippen LogP contribution in [0.1, 0.15) is 5.56 Å². The van der Waals surface area contributed by atoms with Crippen LogP contribution in [-0.2, 0) is 5.88 Å². The van der Waals surface area contributed by atoms with Crippen molar-refractivity contribution in [2.45, 2.75) is 10.8 Å². The molecule has 0 spiro atoms. The van der Waals surface area contributed by atoms with E-state index < -0.39 is 0 Å². The third kappa shape index (κ3) is 1.91. The van der Waals surface area contributed by atoms with Crippen LogP contribution in [0.25, 0.3) is 0 Å². The van der Waals surface area contributed by atoms with Gasteiger partial charge in [-0.2, -0.15) is 0 Å². The number of alkyl halides is 1. The first kappa shape index (κ1) is 8.44. The molecule has 1 rings (SSSR count). The first-order valence-corrected chi connectivity index (χ1v) is 4.55. The van der Waals surface area contributed by atoms with E-state index in [0.29, 0.717) is 5.88 Å². The summed E-state index contributed by atoms with van der Waals surface area (Å²) in [6.45, 7) is 0. The highest BCUT2D eigenvalue weighted by Crippen LogP contribution is 2.22. The van der Waals surface area contributed by atoms with Crippen molar-refractivity contribution in [2.24, 2.45) is 0 Å². The average Bonchev–Trinajstić information content (AvgIpc) is 1.95. The Bertz CT molecular complexity index is 237. The minimum Gasteiger partial charge on any atom is -0.142 e. The topological polar surface area (TPSA) is 0 Å². The minimum atomic E-state index is 0.548. The molecule has 0 atom stereocenters. The molecule has 0 unspecified atom stereocenters. The molecule has 1 aromatic carbocycles. The molecular weight excluding hydrogens is 232 g/mol. The van der Waals surface area contributed by atoms with Crippen molar-refractivity contribution < 1.29 is 0 Å². The summed E-state index contributed by atoms with van der Waals surface area (Å²) in [6, 6.07) is 5.85. The zero-order valence-corrected chi connectivity index (χ0v) is 8.38. The van der Waals surface area contributed by atoms with Gasteiger partial charge >= 0.3 is 0 Å². The SMILES string of the molecule is Sc1ccc(CCl)cc1Br. The smallest absolute Gasteiger partial charge is 0.0474 e. The van der Waals surface area contributed by atoms with E-state index >= 15 is 0 Å². The Kier molecular flexibility index (Phi) is 3.08. The largest absolute Gasteiger partial charge is 0.142 e. The zero-order valence-electron chi connectivity index (χ0n) is 5.14. The third-order valence-corrected chi connectivity index (χ3v) is 2.83. The van der Waals surface area contributed by atoms with Crippen LogP contribution in [0.2, 0.25) is 0 Å². The summed E-state index contributed by atoms with van der Waals surface area (Å²) in [7, 11) is 0. The highest BCUT2D eigenvalue weighted by molar-refractivity contribution is 9.10. The molecule has 0 fully saturated rings. The molecule has 0 saturated carbocycles. The summed E-state index contributed by atoms with van der Waals surface area (Å²) < 4.78 is 0.994. The lowest BCUT2D eigenvalue weighted by Gasteiger charge is -1.98. The van der Waals surface area contributed by atoms with Crippen molar-refractivity contribution in [1.29, 1.82) is 0 Å². The number of rotatable bonds is 1. The molecule has 0 amide bonds. The Balaban J connectivity index is 3.04. The normalized spacial score (nSPS) is 9.90. The number of benzene rings is 1. The maximum atomic E-state index is 5.61. The molecule has 0 nitrogen and oxygen atoms in total. The van der Waals surface area contributed by atoms with Crippen molar-refractivity contribution in [3.05, 3.63) is 28.2 Å². The predicted octanol–water partition coefficient (Wildman–Crippen LogP) is 3.48. The highest BCUT2D eigenvalue weighted by atomic mass is 79.9. The molecule has 0 radical (unpaired) electrons. The fourth-order valence-corrected chi connectivity index (χ4v) is 1.37. The van der Waals surface area contributed by atoms with Gasteiger partial charge in [0.15, 0.2) is 0 Å². The van der Waals surface area contributed by atoms with Gasteiger partial charge in [0.25, 0.3) is 0 Å².